The molecule has 4 heteroatoms. The van der Waals surface area contributed by atoms with E-state index in [2.05, 4.69) is 0 Å². The molecule has 0 bridgehead atoms. The normalized spacial score (nSPS) is 13.8. The van der Waals surface area contributed by atoms with Crippen LogP contribution in [0.5, 0.6) is 0 Å². The van der Waals surface area contributed by atoms with Gasteiger partial charge in [-0.15, -0.1) is 0 Å². The van der Waals surface area contributed by atoms with Crippen molar-refractivity contribution in [1.82, 2.24) is 0 Å². The Kier molecular flexibility index (Phi) is 19.0. The lowest BCUT2D eigenvalue weighted by Crippen LogP contribution is -2.00. The molecule has 0 amide bonds. The highest BCUT2D eigenvalue weighted by Gasteiger charge is 2.06. The highest BCUT2D eigenvalue weighted by molar-refractivity contribution is 5.87. The molecule has 0 aliphatic rings. The Morgan fingerprint density at radius 2 is 0.812 bits per heavy atom. The number of carbonyl (C=O) groups is 2. The summed E-state index contributed by atoms with van der Waals surface area (Å²) < 4.78 is 0. The van der Waals surface area contributed by atoms with Gasteiger partial charge in [0.25, 0.3) is 0 Å². The van der Waals surface area contributed by atoms with Crippen molar-refractivity contribution >= 4 is 11.9 Å². The number of carboxylic acid groups (broad SMARTS) is 2. The topological polar surface area (TPSA) is 74.6 Å². The van der Waals surface area contributed by atoms with E-state index in [1.807, 2.05) is 74.6 Å². The smallest absolute Gasteiger partial charge is 0.331 e. The van der Waals surface area contributed by atoms with Gasteiger partial charge in [-0.05, 0) is 39.5 Å². The van der Waals surface area contributed by atoms with Gasteiger partial charge in [-0.2, -0.15) is 0 Å². The van der Waals surface area contributed by atoms with Crippen molar-refractivity contribution in [3.8, 4) is 0 Å². The van der Waals surface area contributed by atoms with Crippen molar-refractivity contribution < 1.29 is 19.8 Å². The molecule has 0 aliphatic carbocycles. The molecule has 0 aliphatic heterocycles. The molecule has 0 unspecified atom stereocenters. The number of aliphatic carboxylic acids is 2. The number of unbranched alkanes of at least 4 members (excludes halogenated alkanes) is 5. The molecule has 0 aromatic carbocycles. The van der Waals surface area contributed by atoms with E-state index < -0.39 is 11.9 Å². The Labute approximate surface area is 193 Å². The molecular weight excluding hydrogens is 400 g/mol. The van der Waals surface area contributed by atoms with Crippen LogP contribution in [0.15, 0.2) is 96.2 Å². The minimum absolute atomic E-state index is 0.422. The predicted octanol–water partition coefficient (Wildman–Crippen LogP) is 7.51. The maximum atomic E-state index is 11.3. The van der Waals surface area contributed by atoms with Crippen molar-refractivity contribution in [2.45, 2.75) is 65.2 Å². The van der Waals surface area contributed by atoms with Crippen LogP contribution in [0.2, 0.25) is 0 Å². The Hall–Kier alpha value is -3.14. The number of hydrogen-bond acceptors (Lipinski definition) is 2. The second-order valence-corrected chi connectivity index (χ2v) is 7.21. The van der Waals surface area contributed by atoms with Crippen LogP contribution in [-0.2, 0) is 9.59 Å². The third-order valence-corrected chi connectivity index (χ3v) is 4.56. The molecule has 0 aromatic heterocycles. The summed E-state index contributed by atoms with van der Waals surface area (Å²) in [4.78, 5) is 22.7. The Bertz CT molecular complexity index is 705. The van der Waals surface area contributed by atoms with Crippen LogP contribution in [-0.4, -0.2) is 22.2 Å². The fourth-order valence-electron chi connectivity index (χ4n) is 2.81. The lowest BCUT2D eigenvalue weighted by atomic mass is 10.0. The summed E-state index contributed by atoms with van der Waals surface area (Å²) in [6.07, 6.45) is 32.4. The zero-order valence-corrected chi connectivity index (χ0v) is 19.5. The van der Waals surface area contributed by atoms with Gasteiger partial charge in [0, 0.05) is 11.1 Å². The summed E-state index contributed by atoms with van der Waals surface area (Å²) in [6, 6.07) is 0. The summed E-state index contributed by atoms with van der Waals surface area (Å²) in [5.41, 5.74) is 0.844. The van der Waals surface area contributed by atoms with Crippen LogP contribution in [0.4, 0.5) is 0 Å². The zero-order chi connectivity index (χ0) is 23.9. The monoisotopic (exact) mass is 438 g/mol. The summed E-state index contributed by atoms with van der Waals surface area (Å²) >= 11 is 0. The van der Waals surface area contributed by atoms with E-state index in [9.17, 15) is 19.8 Å². The lowest BCUT2D eigenvalue weighted by molar-refractivity contribution is -0.133. The molecule has 0 aromatic rings. The van der Waals surface area contributed by atoms with Crippen molar-refractivity contribution in [3.05, 3.63) is 96.2 Å². The molecule has 0 saturated carbocycles. The first-order valence-corrected chi connectivity index (χ1v) is 11.3. The Balaban J connectivity index is 4.18. The fourth-order valence-corrected chi connectivity index (χ4v) is 2.81. The third kappa shape index (κ3) is 17.7. The van der Waals surface area contributed by atoms with Crippen LogP contribution < -0.4 is 0 Å². The van der Waals surface area contributed by atoms with Gasteiger partial charge in [-0.3, -0.25) is 0 Å². The average Bonchev–Trinajstić information content (AvgIpc) is 2.76. The van der Waals surface area contributed by atoms with Gasteiger partial charge >= 0.3 is 11.9 Å². The lowest BCUT2D eigenvalue weighted by Gasteiger charge is -2.04. The maximum absolute atomic E-state index is 11.3. The standard InChI is InChI=1S/C28H38O4/c1-3-5-7-9-13-17-21-25(27(29)30)23-19-15-11-12-16-20-24-26(28(31)32)22-18-14-10-8-6-4-2/h3-10,13-14,17-18,21-22H,11-12,15-16,19-20,23-24H2,1-2H3,(H,29,30)(H,31,32)/b5-3+,6-4+,9-7+,10-8+,17-13+,18-14+,25-21+,26-22+. The van der Waals surface area contributed by atoms with E-state index in [4.69, 9.17) is 0 Å². The molecular formula is C28H38O4. The number of rotatable bonds is 17. The third-order valence-electron chi connectivity index (χ3n) is 4.56. The number of carboxylic acids is 2. The average molecular weight is 439 g/mol. The van der Waals surface area contributed by atoms with Gasteiger partial charge in [-0.25, -0.2) is 9.59 Å². The van der Waals surface area contributed by atoms with E-state index in [-0.39, 0.29) is 0 Å². The highest BCUT2D eigenvalue weighted by atomic mass is 16.4. The quantitative estimate of drug-likeness (QED) is 0.140. The maximum Gasteiger partial charge on any atom is 0.331 e. The summed E-state index contributed by atoms with van der Waals surface area (Å²) in [5.74, 6) is -1.74. The van der Waals surface area contributed by atoms with E-state index in [1.165, 1.54) is 0 Å². The molecule has 0 saturated heterocycles. The fraction of sp³-hybridized carbons (Fsp3) is 0.357. The van der Waals surface area contributed by atoms with Crippen molar-refractivity contribution in [1.29, 1.82) is 0 Å². The molecule has 32 heavy (non-hydrogen) atoms. The van der Waals surface area contributed by atoms with E-state index >= 15 is 0 Å². The highest BCUT2D eigenvalue weighted by Crippen LogP contribution is 2.15. The van der Waals surface area contributed by atoms with Crippen LogP contribution in [0.3, 0.4) is 0 Å². The SMILES string of the molecule is C/C=C/C=C/C=C/C=C(\CCCCCCCC\C(=C/C=C/C=C/C=C/C)C(=O)O)C(=O)O. The first-order valence-electron chi connectivity index (χ1n) is 11.3. The molecule has 4 nitrogen and oxygen atoms in total. The molecule has 0 atom stereocenters. The van der Waals surface area contributed by atoms with Gasteiger partial charge in [0.15, 0.2) is 0 Å². The minimum Gasteiger partial charge on any atom is -0.478 e. The first kappa shape index (κ1) is 28.9. The van der Waals surface area contributed by atoms with Gasteiger partial charge < -0.3 is 10.2 Å². The van der Waals surface area contributed by atoms with Crippen molar-refractivity contribution in [2.75, 3.05) is 0 Å². The molecule has 0 rings (SSSR count). The van der Waals surface area contributed by atoms with Crippen molar-refractivity contribution in [2.24, 2.45) is 0 Å². The molecule has 0 heterocycles. The van der Waals surface area contributed by atoms with Gasteiger partial charge in [0.2, 0.25) is 0 Å². The Morgan fingerprint density at radius 3 is 1.16 bits per heavy atom. The van der Waals surface area contributed by atoms with E-state index in [1.54, 1.807) is 24.3 Å². The van der Waals surface area contributed by atoms with Gasteiger partial charge in [0.05, 0.1) is 0 Å². The molecule has 0 fully saturated rings. The molecule has 0 spiro atoms. The molecule has 174 valence electrons. The molecule has 0 radical (unpaired) electrons. The van der Waals surface area contributed by atoms with Gasteiger partial charge in [-0.1, -0.05) is 111 Å². The van der Waals surface area contributed by atoms with Gasteiger partial charge in [0.1, 0.15) is 0 Å². The molecule has 2 N–H and O–H groups in total. The second kappa shape index (κ2) is 21.1. The zero-order valence-electron chi connectivity index (χ0n) is 19.5. The first-order chi connectivity index (χ1) is 15.5. The number of hydrogen-bond donors (Lipinski definition) is 2. The largest absolute Gasteiger partial charge is 0.478 e. The predicted molar refractivity (Wildman–Crippen MR) is 135 cm³/mol. The van der Waals surface area contributed by atoms with Crippen LogP contribution in [0.25, 0.3) is 0 Å². The van der Waals surface area contributed by atoms with Crippen molar-refractivity contribution in [3.63, 3.8) is 0 Å². The van der Waals surface area contributed by atoms with Crippen LogP contribution in [0, 0.1) is 0 Å². The minimum atomic E-state index is -0.869. The van der Waals surface area contributed by atoms with E-state index in [0.717, 1.165) is 38.5 Å². The summed E-state index contributed by atoms with van der Waals surface area (Å²) in [7, 11) is 0. The summed E-state index contributed by atoms with van der Waals surface area (Å²) in [5, 5.41) is 18.6. The number of allylic oxidation sites excluding steroid dienone is 14. The second-order valence-electron chi connectivity index (χ2n) is 7.21. The summed E-state index contributed by atoms with van der Waals surface area (Å²) in [6.45, 7) is 3.87. The van der Waals surface area contributed by atoms with E-state index in [0.29, 0.717) is 24.0 Å². The van der Waals surface area contributed by atoms with Crippen LogP contribution >= 0.6 is 0 Å². The Morgan fingerprint density at radius 1 is 0.500 bits per heavy atom. The van der Waals surface area contributed by atoms with Crippen LogP contribution in [0.1, 0.15) is 65.2 Å².